The number of hydrogen-bond donors (Lipinski definition) is 2. The summed E-state index contributed by atoms with van der Waals surface area (Å²) < 4.78 is 14.4. The minimum atomic E-state index is -0.983. The first kappa shape index (κ1) is 15.4. The molecule has 0 fully saturated rings. The van der Waals surface area contributed by atoms with Gasteiger partial charge in [-0.05, 0) is 59.0 Å². The molecule has 4 nitrogen and oxygen atoms in total. The van der Waals surface area contributed by atoms with Crippen LogP contribution in [-0.2, 0) is 0 Å². The Balaban J connectivity index is 1.98. The molecule has 108 valence electrons. The maximum atomic E-state index is 13.5. The van der Waals surface area contributed by atoms with E-state index in [0.717, 1.165) is 3.57 Å². The molecule has 0 saturated carbocycles. The first-order valence-electron chi connectivity index (χ1n) is 6.08. The third kappa shape index (κ3) is 4.52. The highest BCUT2D eigenvalue weighted by atomic mass is 127. The third-order valence-electron chi connectivity index (χ3n) is 2.67. The van der Waals surface area contributed by atoms with Gasteiger partial charge in [-0.1, -0.05) is 6.07 Å². The Hall–Kier alpha value is -1.96. The van der Waals surface area contributed by atoms with Crippen LogP contribution in [0.25, 0.3) is 0 Å². The molecule has 0 saturated heterocycles. The van der Waals surface area contributed by atoms with Gasteiger partial charge in [-0.2, -0.15) is 0 Å². The summed E-state index contributed by atoms with van der Waals surface area (Å²) in [6, 6.07) is 11.2. The molecule has 0 aliphatic carbocycles. The van der Waals surface area contributed by atoms with Crippen molar-refractivity contribution in [3.63, 3.8) is 0 Å². The van der Waals surface area contributed by atoms with E-state index in [1.807, 2.05) is 0 Å². The van der Waals surface area contributed by atoms with E-state index < -0.39 is 5.97 Å². The third-order valence-corrected chi connectivity index (χ3v) is 3.34. The fraction of sp³-hybridized carbons (Fsp3) is 0.0667. The van der Waals surface area contributed by atoms with Crippen molar-refractivity contribution in [3.05, 3.63) is 63.0 Å². The van der Waals surface area contributed by atoms with Gasteiger partial charge in [0.2, 0.25) is 0 Å². The molecule has 0 heterocycles. The van der Waals surface area contributed by atoms with Gasteiger partial charge in [0.1, 0.15) is 12.5 Å². The van der Waals surface area contributed by atoms with E-state index >= 15 is 0 Å². The van der Waals surface area contributed by atoms with Gasteiger partial charge in [-0.15, -0.1) is 0 Å². The quantitative estimate of drug-likeness (QED) is 0.598. The van der Waals surface area contributed by atoms with Gasteiger partial charge in [0, 0.05) is 21.0 Å². The number of hydrogen-bond acceptors (Lipinski definition) is 3. The average molecular weight is 398 g/mol. The Labute approximate surface area is 134 Å². The van der Waals surface area contributed by atoms with Crippen LogP contribution in [0.3, 0.4) is 0 Å². The van der Waals surface area contributed by atoms with Crippen LogP contribution in [0.2, 0.25) is 0 Å². The smallest absolute Gasteiger partial charge is 0.335 e. The van der Waals surface area contributed by atoms with Crippen molar-refractivity contribution in [2.45, 2.75) is 0 Å². The van der Waals surface area contributed by atoms with E-state index in [-0.39, 0.29) is 18.0 Å². The van der Waals surface area contributed by atoms with Gasteiger partial charge in [0.15, 0.2) is 0 Å². The second kappa shape index (κ2) is 7.16. The summed E-state index contributed by atoms with van der Waals surface area (Å²) in [5, 5.41) is 11.8. The van der Waals surface area contributed by atoms with Gasteiger partial charge in [-0.3, -0.25) is 4.99 Å². The van der Waals surface area contributed by atoms with Gasteiger partial charge < -0.3 is 10.4 Å². The number of rotatable bonds is 5. The maximum absolute atomic E-state index is 13.5. The summed E-state index contributed by atoms with van der Waals surface area (Å²) >= 11 is 2.10. The summed E-state index contributed by atoms with van der Waals surface area (Å²) in [4.78, 5) is 14.9. The molecule has 0 atom stereocenters. The van der Waals surface area contributed by atoms with E-state index in [4.69, 9.17) is 5.11 Å². The summed E-state index contributed by atoms with van der Waals surface area (Å²) in [6.07, 6.45) is 1.45. The summed E-state index contributed by atoms with van der Waals surface area (Å²) in [5.74, 6) is -1.31. The van der Waals surface area contributed by atoms with Crippen molar-refractivity contribution >= 4 is 40.5 Å². The second-order valence-electron chi connectivity index (χ2n) is 4.20. The molecule has 0 spiro atoms. The molecule has 0 aromatic heterocycles. The Morgan fingerprint density at radius 1 is 1.33 bits per heavy atom. The number of carboxylic acids is 1. The highest BCUT2D eigenvalue weighted by Crippen LogP contribution is 2.12. The lowest BCUT2D eigenvalue weighted by atomic mass is 10.2. The second-order valence-corrected chi connectivity index (χ2v) is 5.44. The Morgan fingerprint density at radius 2 is 2.14 bits per heavy atom. The lowest BCUT2D eigenvalue weighted by Crippen LogP contribution is -2.02. The van der Waals surface area contributed by atoms with Crippen molar-refractivity contribution in [1.82, 2.24) is 0 Å². The molecular formula is C15H12FIN2O2. The number of halogens is 2. The molecule has 0 radical (unpaired) electrons. The molecule has 2 rings (SSSR count). The maximum Gasteiger partial charge on any atom is 0.335 e. The largest absolute Gasteiger partial charge is 0.478 e. The first-order chi connectivity index (χ1) is 10.1. The number of nitrogens with one attached hydrogen (secondary N) is 1. The minimum absolute atomic E-state index is 0.202. The minimum Gasteiger partial charge on any atom is -0.478 e. The molecular weight excluding hydrogens is 386 g/mol. The number of aliphatic imine (C=N–C) groups is 1. The van der Waals surface area contributed by atoms with Crippen molar-refractivity contribution in [3.8, 4) is 0 Å². The molecule has 2 aromatic rings. The van der Waals surface area contributed by atoms with Crippen molar-refractivity contribution < 1.29 is 14.3 Å². The number of carboxylic acid groups (broad SMARTS) is 1. The number of nitrogens with zero attached hydrogens (tertiary/aromatic N) is 1. The fourth-order valence-corrected chi connectivity index (χ4v) is 2.17. The zero-order valence-electron chi connectivity index (χ0n) is 10.9. The van der Waals surface area contributed by atoms with Crippen LogP contribution < -0.4 is 5.32 Å². The lowest BCUT2D eigenvalue weighted by molar-refractivity contribution is 0.0697. The van der Waals surface area contributed by atoms with Crippen LogP contribution in [0.4, 0.5) is 10.1 Å². The first-order valence-corrected chi connectivity index (χ1v) is 7.16. The summed E-state index contributed by atoms with van der Waals surface area (Å²) in [6.45, 7) is 0.230. The number of aromatic carboxylic acids is 1. The zero-order chi connectivity index (χ0) is 15.2. The van der Waals surface area contributed by atoms with E-state index in [9.17, 15) is 9.18 Å². The number of benzene rings is 2. The molecule has 21 heavy (non-hydrogen) atoms. The summed E-state index contributed by atoms with van der Waals surface area (Å²) in [5.41, 5.74) is 1.27. The predicted molar refractivity (Wildman–Crippen MR) is 88.6 cm³/mol. The number of carbonyl (C=O) groups is 1. The highest BCUT2D eigenvalue weighted by Gasteiger charge is 2.02. The van der Waals surface area contributed by atoms with E-state index in [0.29, 0.717) is 11.3 Å². The molecule has 6 heteroatoms. The Kier molecular flexibility index (Phi) is 5.26. The highest BCUT2D eigenvalue weighted by molar-refractivity contribution is 14.1. The molecule has 0 unspecified atom stereocenters. The lowest BCUT2D eigenvalue weighted by Gasteiger charge is -2.04. The van der Waals surface area contributed by atoms with Gasteiger partial charge >= 0.3 is 5.97 Å². The average Bonchev–Trinajstić information content (AvgIpc) is 2.47. The molecule has 0 aliphatic heterocycles. The van der Waals surface area contributed by atoms with Crippen molar-refractivity contribution in [2.75, 3.05) is 12.0 Å². The monoisotopic (exact) mass is 398 g/mol. The molecule has 0 amide bonds. The normalized spacial score (nSPS) is 10.8. The van der Waals surface area contributed by atoms with Crippen LogP contribution in [0.5, 0.6) is 0 Å². The van der Waals surface area contributed by atoms with Crippen molar-refractivity contribution in [2.24, 2.45) is 4.99 Å². The van der Waals surface area contributed by atoms with E-state index in [1.54, 1.807) is 24.3 Å². The topological polar surface area (TPSA) is 61.7 Å². The van der Waals surface area contributed by atoms with Crippen LogP contribution in [0.1, 0.15) is 15.9 Å². The van der Waals surface area contributed by atoms with Gasteiger partial charge in [0.05, 0.1) is 5.56 Å². The fourth-order valence-electron chi connectivity index (χ4n) is 1.66. The van der Waals surface area contributed by atoms with Gasteiger partial charge in [0.25, 0.3) is 0 Å². The predicted octanol–water partition coefficient (Wildman–Crippen LogP) is 3.62. The van der Waals surface area contributed by atoms with Crippen LogP contribution in [0.15, 0.2) is 47.5 Å². The zero-order valence-corrected chi connectivity index (χ0v) is 13.0. The van der Waals surface area contributed by atoms with Crippen molar-refractivity contribution in [1.29, 1.82) is 0 Å². The van der Waals surface area contributed by atoms with Crippen LogP contribution in [-0.4, -0.2) is 24.0 Å². The van der Waals surface area contributed by atoms with E-state index in [1.165, 1.54) is 24.4 Å². The Morgan fingerprint density at radius 3 is 2.90 bits per heavy atom. The molecule has 2 N–H and O–H groups in total. The molecule has 0 aliphatic rings. The standard InChI is InChI=1S/C15H12FIN2O2/c16-14-5-4-12(17)6-11(14)8-18-9-19-13-3-1-2-10(7-13)15(20)21/h1-8,19H,9H2,(H,20,21)/b18-8+. The SMILES string of the molecule is O=C(O)c1cccc(NC/N=C/c2cc(I)ccc2F)c1. The Bertz CT molecular complexity index is 689. The molecule has 2 aromatic carbocycles. The molecule has 0 bridgehead atoms. The summed E-state index contributed by atoms with van der Waals surface area (Å²) in [7, 11) is 0. The van der Waals surface area contributed by atoms with Gasteiger partial charge in [-0.25, -0.2) is 9.18 Å². The number of anilines is 1. The van der Waals surface area contributed by atoms with Crippen LogP contribution in [0, 0.1) is 9.39 Å². The van der Waals surface area contributed by atoms with E-state index in [2.05, 4.69) is 32.9 Å². The van der Waals surface area contributed by atoms with Crippen LogP contribution >= 0.6 is 22.6 Å².